The number of carbonyl (C=O) groups excluding carboxylic acids is 2. The molecule has 0 bridgehead atoms. The molecule has 0 aliphatic carbocycles. The third-order valence-corrected chi connectivity index (χ3v) is 3.38. The van der Waals surface area contributed by atoms with Crippen molar-refractivity contribution in [2.24, 2.45) is 5.92 Å². The first kappa shape index (κ1) is 18.1. The second kappa shape index (κ2) is 12.2. The van der Waals surface area contributed by atoms with Crippen LogP contribution in [0.5, 0.6) is 0 Å². The van der Waals surface area contributed by atoms with E-state index < -0.39 is 0 Å². The standard InChI is InChI=1S/C16H30O3/c1-4-5-6-7-11-16(19-15(3)18)12-9-8-10-14(2)13-17/h13-14,16H,4-12H2,1-3H3/t14?,16-/m1/s1. The normalized spacial score (nSPS) is 13.8. The zero-order valence-electron chi connectivity index (χ0n) is 12.8. The maximum Gasteiger partial charge on any atom is 0.302 e. The van der Waals surface area contributed by atoms with Crippen LogP contribution in [-0.4, -0.2) is 18.4 Å². The Morgan fingerprint density at radius 2 is 1.63 bits per heavy atom. The maximum absolute atomic E-state index is 11.1. The molecular formula is C16H30O3. The van der Waals surface area contributed by atoms with Crippen molar-refractivity contribution in [2.75, 3.05) is 0 Å². The number of ether oxygens (including phenoxy) is 1. The lowest BCUT2D eigenvalue weighted by Crippen LogP contribution is -2.16. The van der Waals surface area contributed by atoms with Gasteiger partial charge in [-0.15, -0.1) is 0 Å². The van der Waals surface area contributed by atoms with Gasteiger partial charge in [0.2, 0.25) is 0 Å². The Hall–Kier alpha value is -0.860. The lowest BCUT2D eigenvalue weighted by atomic mass is 10.0. The molecule has 3 heteroatoms. The monoisotopic (exact) mass is 270 g/mol. The average molecular weight is 270 g/mol. The van der Waals surface area contributed by atoms with Gasteiger partial charge in [-0.25, -0.2) is 0 Å². The molecule has 112 valence electrons. The van der Waals surface area contributed by atoms with E-state index in [0.29, 0.717) is 0 Å². The van der Waals surface area contributed by atoms with E-state index in [9.17, 15) is 9.59 Å². The van der Waals surface area contributed by atoms with Gasteiger partial charge in [-0.05, 0) is 32.1 Å². The van der Waals surface area contributed by atoms with Crippen LogP contribution in [-0.2, 0) is 14.3 Å². The van der Waals surface area contributed by atoms with E-state index in [-0.39, 0.29) is 18.0 Å². The van der Waals surface area contributed by atoms with E-state index in [1.807, 2.05) is 6.92 Å². The fraction of sp³-hybridized carbons (Fsp3) is 0.875. The van der Waals surface area contributed by atoms with Crippen molar-refractivity contribution in [1.29, 1.82) is 0 Å². The van der Waals surface area contributed by atoms with Gasteiger partial charge in [-0.3, -0.25) is 4.79 Å². The summed E-state index contributed by atoms with van der Waals surface area (Å²) in [6.07, 6.45) is 10.8. The zero-order valence-corrected chi connectivity index (χ0v) is 12.8. The highest BCUT2D eigenvalue weighted by atomic mass is 16.5. The molecule has 0 aromatic carbocycles. The second-order valence-corrected chi connectivity index (χ2v) is 5.48. The van der Waals surface area contributed by atoms with Gasteiger partial charge in [0.25, 0.3) is 0 Å². The molecule has 0 fully saturated rings. The molecule has 0 amide bonds. The highest BCUT2D eigenvalue weighted by Crippen LogP contribution is 2.16. The number of aldehydes is 1. The molecule has 0 saturated carbocycles. The first-order valence-corrected chi connectivity index (χ1v) is 7.72. The highest BCUT2D eigenvalue weighted by Gasteiger charge is 2.11. The van der Waals surface area contributed by atoms with Gasteiger partial charge >= 0.3 is 5.97 Å². The second-order valence-electron chi connectivity index (χ2n) is 5.48. The Morgan fingerprint density at radius 3 is 2.16 bits per heavy atom. The summed E-state index contributed by atoms with van der Waals surface area (Å²) in [4.78, 5) is 21.6. The number of rotatable bonds is 12. The molecule has 0 saturated heterocycles. The Bertz CT molecular complexity index is 238. The van der Waals surface area contributed by atoms with Crippen LogP contribution in [0.1, 0.15) is 78.6 Å². The van der Waals surface area contributed by atoms with Crippen LogP contribution in [0, 0.1) is 5.92 Å². The topological polar surface area (TPSA) is 43.4 Å². The van der Waals surface area contributed by atoms with Gasteiger partial charge in [0.15, 0.2) is 0 Å². The SMILES string of the molecule is CCCCCC[C@H](CCCCC(C)C=O)OC(C)=O. The first-order valence-electron chi connectivity index (χ1n) is 7.72. The third-order valence-electron chi connectivity index (χ3n) is 3.38. The molecule has 0 aromatic heterocycles. The Labute approximate surface area is 118 Å². The average Bonchev–Trinajstić information content (AvgIpc) is 2.38. The lowest BCUT2D eigenvalue weighted by molar-refractivity contribution is -0.147. The van der Waals surface area contributed by atoms with Gasteiger partial charge in [0, 0.05) is 12.8 Å². The minimum atomic E-state index is -0.179. The molecule has 0 aromatic rings. The number of hydrogen-bond acceptors (Lipinski definition) is 3. The van der Waals surface area contributed by atoms with Crippen LogP contribution in [0.4, 0.5) is 0 Å². The summed E-state index contributed by atoms with van der Waals surface area (Å²) in [7, 11) is 0. The van der Waals surface area contributed by atoms with Crippen LogP contribution in [0.15, 0.2) is 0 Å². The smallest absolute Gasteiger partial charge is 0.302 e. The number of unbranched alkanes of at least 4 members (excludes halogenated alkanes) is 4. The fourth-order valence-electron chi connectivity index (χ4n) is 2.20. The molecule has 1 unspecified atom stereocenters. The van der Waals surface area contributed by atoms with E-state index in [1.54, 1.807) is 0 Å². The minimum absolute atomic E-state index is 0.0703. The van der Waals surface area contributed by atoms with E-state index in [2.05, 4.69) is 6.92 Å². The predicted octanol–water partition coefficient (Wildman–Crippen LogP) is 4.28. The quantitative estimate of drug-likeness (QED) is 0.302. The number of esters is 1. The molecule has 2 atom stereocenters. The van der Waals surface area contributed by atoms with Crippen molar-refractivity contribution in [2.45, 2.75) is 84.7 Å². The molecule has 0 N–H and O–H groups in total. The van der Waals surface area contributed by atoms with Crippen molar-refractivity contribution < 1.29 is 14.3 Å². The maximum atomic E-state index is 11.1. The molecule has 0 radical (unpaired) electrons. The summed E-state index contributed by atoms with van der Waals surface area (Å²) < 4.78 is 5.36. The number of hydrogen-bond donors (Lipinski definition) is 0. The van der Waals surface area contributed by atoms with Gasteiger partial charge in [0.1, 0.15) is 12.4 Å². The molecule has 0 aliphatic rings. The Morgan fingerprint density at radius 1 is 1.05 bits per heavy atom. The van der Waals surface area contributed by atoms with Crippen molar-refractivity contribution in [3.8, 4) is 0 Å². The summed E-state index contributed by atoms with van der Waals surface area (Å²) in [5.41, 5.74) is 0. The molecule has 0 heterocycles. The van der Waals surface area contributed by atoms with Crippen molar-refractivity contribution in [1.82, 2.24) is 0 Å². The van der Waals surface area contributed by atoms with E-state index in [4.69, 9.17) is 4.74 Å². The fourth-order valence-corrected chi connectivity index (χ4v) is 2.20. The first-order chi connectivity index (χ1) is 9.10. The predicted molar refractivity (Wildman–Crippen MR) is 78.0 cm³/mol. The highest BCUT2D eigenvalue weighted by molar-refractivity contribution is 5.66. The molecule has 3 nitrogen and oxygen atoms in total. The summed E-state index contributed by atoms with van der Waals surface area (Å²) in [5, 5.41) is 0. The van der Waals surface area contributed by atoms with Crippen molar-refractivity contribution in [3.63, 3.8) is 0 Å². The molecule has 19 heavy (non-hydrogen) atoms. The van der Waals surface area contributed by atoms with Crippen LogP contribution >= 0.6 is 0 Å². The van der Waals surface area contributed by atoms with E-state index in [1.165, 1.54) is 26.2 Å². The van der Waals surface area contributed by atoms with Gasteiger partial charge in [0.05, 0.1) is 0 Å². The molecule has 0 rings (SSSR count). The van der Waals surface area contributed by atoms with Gasteiger partial charge in [-0.1, -0.05) is 39.5 Å². The van der Waals surface area contributed by atoms with Gasteiger partial charge in [-0.2, -0.15) is 0 Å². The van der Waals surface area contributed by atoms with Crippen molar-refractivity contribution in [3.05, 3.63) is 0 Å². The minimum Gasteiger partial charge on any atom is -0.463 e. The van der Waals surface area contributed by atoms with Gasteiger partial charge < -0.3 is 9.53 Å². The van der Waals surface area contributed by atoms with Crippen LogP contribution < -0.4 is 0 Å². The summed E-state index contributed by atoms with van der Waals surface area (Å²) >= 11 is 0. The van der Waals surface area contributed by atoms with Crippen LogP contribution in [0.25, 0.3) is 0 Å². The Kier molecular flexibility index (Phi) is 11.6. The largest absolute Gasteiger partial charge is 0.463 e. The van der Waals surface area contributed by atoms with Crippen LogP contribution in [0.3, 0.4) is 0 Å². The number of carbonyl (C=O) groups is 2. The third kappa shape index (κ3) is 11.9. The van der Waals surface area contributed by atoms with E-state index >= 15 is 0 Å². The molecule has 0 spiro atoms. The summed E-state index contributed by atoms with van der Waals surface area (Å²) in [6.45, 7) is 5.62. The van der Waals surface area contributed by atoms with Crippen LogP contribution in [0.2, 0.25) is 0 Å². The van der Waals surface area contributed by atoms with E-state index in [0.717, 1.165) is 44.8 Å². The zero-order chi connectivity index (χ0) is 14.5. The summed E-state index contributed by atoms with van der Waals surface area (Å²) in [5.74, 6) is -0.0292. The van der Waals surface area contributed by atoms with Crippen molar-refractivity contribution >= 4 is 12.3 Å². The summed E-state index contributed by atoms with van der Waals surface area (Å²) in [6, 6.07) is 0. The Balaban J connectivity index is 3.79. The molecule has 0 aliphatic heterocycles. The lowest BCUT2D eigenvalue weighted by Gasteiger charge is -2.17. The molecular weight excluding hydrogens is 240 g/mol.